The Bertz CT molecular complexity index is 1460. The summed E-state index contributed by atoms with van der Waals surface area (Å²) < 4.78 is 47.7. The van der Waals surface area contributed by atoms with Crippen LogP contribution in [0.15, 0.2) is 23.1 Å². The molecule has 1 amide bonds. The molecule has 3 heterocycles. The summed E-state index contributed by atoms with van der Waals surface area (Å²) in [6.07, 6.45) is 6.18. The lowest BCUT2D eigenvalue weighted by atomic mass is 9.64. The van der Waals surface area contributed by atoms with Crippen LogP contribution in [0.5, 0.6) is 0 Å². The number of carbonyl (C=O) groups is 1. The number of ether oxygens (including phenoxy) is 3. The minimum atomic E-state index is -3.70. The third-order valence-corrected chi connectivity index (χ3v) is 12.9. The van der Waals surface area contributed by atoms with Gasteiger partial charge in [0.25, 0.3) is 0 Å². The normalized spacial score (nSPS) is 34.6. The topological polar surface area (TPSA) is 119 Å². The Balaban J connectivity index is 0.901. The molecule has 0 radical (unpaired) electrons. The summed E-state index contributed by atoms with van der Waals surface area (Å²) in [5.74, 6) is 0.843. The van der Waals surface area contributed by atoms with Gasteiger partial charge in [-0.15, -0.1) is 0 Å². The fraction of sp³-hybridized carbons (Fsp3) is 0.714. The van der Waals surface area contributed by atoms with E-state index in [2.05, 4.69) is 22.5 Å². The molecule has 1 spiro atoms. The third-order valence-electron chi connectivity index (χ3n) is 10.1. The SMILES string of the molecule is CC1(CN(CCCNC(=O)OC2C3COC4OC5(CCC25)C43)S(=O)(=O)c2ccc3nc(NC4CC4)sc3c2)CC1. The van der Waals surface area contributed by atoms with E-state index in [1.165, 1.54) is 11.3 Å². The second kappa shape index (κ2) is 9.00. The van der Waals surface area contributed by atoms with Crippen molar-refractivity contribution in [2.24, 2.45) is 23.2 Å². The van der Waals surface area contributed by atoms with Gasteiger partial charge in [0.1, 0.15) is 6.10 Å². The number of amides is 1. The molecule has 2 saturated heterocycles. The number of hydrogen-bond donors (Lipinski definition) is 2. The van der Waals surface area contributed by atoms with Crippen molar-refractivity contribution < 1.29 is 27.4 Å². The first kappa shape index (κ1) is 25.7. The van der Waals surface area contributed by atoms with E-state index in [1.807, 2.05) is 0 Å². The highest BCUT2D eigenvalue weighted by molar-refractivity contribution is 7.89. The Hall–Kier alpha value is -1.99. The zero-order valence-electron chi connectivity index (χ0n) is 22.6. The van der Waals surface area contributed by atoms with Crippen molar-refractivity contribution in [3.63, 3.8) is 0 Å². The molecule has 40 heavy (non-hydrogen) atoms. The fourth-order valence-electron chi connectivity index (χ4n) is 7.27. The number of nitrogens with one attached hydrogen (secondary N) is 2. The molecule has 0 bridgehead atoms. The zero-order chi connectivity index (χ0) is 27.3. The van der Waals surface area contributed by atoms with Crippen LogP contribution in [0, 0.1) is 23.2 Å². The Morgan fingerprint density at radius 2 is 2.10 bits per heavy atom. The number of benzene rings is 1. The number of fused-ring (bicyclic) bond motifs is 1. The number of rotatable bonds is 11. The van der Waals surface area contributed by atoms with Crippen LogP contribution in [0.2, 0.25) is 0 Å². The molecule has 8 rings (SSSR count). The summed E-state index contributed by atoms with van der Waals surface area (Å²) in [5.41, 5.74) is 0.700. The van der Waals surface area contributed by atoms with Crippen LogP contribution in [0.25, 0.3) is 10.2 Å². The van der Waals surface area contributed by atoms with Crippen LogP contribution < -0.4 is 10.6 Å². The van der Waals surface area contributed by atoms with Gasteiger partial charge in [-0.25, -0.2) is 18.2 Å². The van der Waals surface area contributed by atoms with Gasteiger partial charge in [-0.2, -0.15) is 4.31 Å². The summed E-state index contributed by atoms with van der Waals surface area (Å²) >= 11 is 1.50. The van der Waals surface area contributed by atoms with E-state index in [-0.39, 0.29) is 35.2 Å². The number of carbonyl (C=O) groups excluding carboxylic acids is 1. The van der Waals surface area contributed by atoms with Gasteiger partial charge in [0.15, 0.2) is 11.4 Å². The first-order valence-electron chi connectivity index (χ1n) is 14.7. The molecule has 4 saturated carbocycles. The number of anilines is 1. The van der Waals surface area contributed by atoms with E-state index < -0.39 is 16.1 Å². The minimum Gasteiger partial charge on any atom is -0.445 e. The van der Waals surface area contributed by atoms with Gasteiger partial charge in [-0.3, -0.25) is 0 Å². The maximum Gasteiger partial charge on any atom is 0.407 e. The van der Waals surface area contributed by atoms with Crippen molar-refractivity contribution in [1.29, 1.82) is 0 Å². The average molecular weight is 589 g/mol. The van der Waals surface area contributed by atoms with Crippen LogP contribution >= 0.6 is 11.3 Å². The lowest BCUT2D eigenvalue weighted by Crippen LogP contribution is -2.65. The van der Waals surface area contributed by atoms with Crippen molar-refractivity contribution in [3.05, 3.63) is 18.2 Å². The van der Waals surface area contributed by atoms with Crippen LogP contribution in [-0.4, -0.2) is 74.1 Å². The van der Waals surface area contributed by atoms with Crippen LogP contribution in [0.1, 0.15) is 51.9 Å². The van der Waals surface area contributed by atoms with Crippen LogP contribution in [0.3, 0.4) is 0 Å². The summed E-state index contributed by atoms with van der Waals surface area (Å²) in [4.78, 5) is 17.6. The van der Waals surface area contributed by atoms with E-state index >= 15 is 0 Å². The molecule has 12 heteroatoms. The fourth-order valence-corrected chi connectivity index (χ4v) is 9.99. The number of alkyl carbamates (subject to hydrolysis) is 1. The van der Waals surface area contributed by atoms with Gasteiger partial charge in [-0.1, -0.05) is 18.3 Å². The molecule has 6 atom stereocenters. The average Bonchev–Trinajstić information content (AvgIpc) is 3.76. The van der Waals surface area contributed by atoms with E-state index in [4.69, 9.17) is 14.2 Å². The molecule has 4 aliphatic carbocycles. The van der Waals surface area contributed by atoms with Crippen molar-refractivity contribution >= 4 is 42.8 Å². The molecule has 216 valence electrons. The molecule has 6 unspecified atom stereocenters. The number of nitrogens with zero attached hydrogens (tertiary/aromatic N) is 2. The summed E-state index contributed by atoms with van der Waals surface area (Å²) in [5, 5.41) is 7.12. The second-order valence-electron chi connectivity index (χ2n) is 13.0. The Kier molecular flexibility index (Phi) is 5.78. The van der Waals surface area contributed by atoms with Crippen LogP contribution in [0.4, 0.5) is 9.93 Å². The molecular formula is C28H36N4O6S2. The molecule has 2 aromatic rings. The second-order valence-corrected chi connectivity index (χ2v) is 15.9. The Morgan fingerprint density at radius 3 is 2.85 bits per heavy atom. The van der Waals surface area contributed by atoms with Gasteiger partial charge >= 0.3 is 6.09 Å². The summed E-state index contributed by atoms with van der Waals surface area (Å²) in [6, 6.07) is 5.71. The predicted octanol–water partition coefficient (Wildman–Crippen LogP) is 3.93. The Labute approximate surface area is 238 Å². The molecule has 6 fully saturated rings. The molecular weight excluding hydrogens is 552 g/mol. The van der Waals surface area contributed by atoms with Crippen molar-refractivity contribution in [1.82, 2.24) is 14.6 Å². The first-order valence-corrected chi connectivity index (χ1v) is 16.9. The van der Waals surface area contributed by atoms with E-state index in [0.29, 0.717) is 49.5 Å². The molecule has 2 aliphatic heterocycles. The van der Waals surface area contributed by atoms with Gasteiger partial charge in [0, 0.05) is 43.4 Å². The Morgan fingerprint density at radius 1 is 1.25 bits per heavy atom. The highest BCUT2D eigenvalue weighted by Crippen LogP contribution is 2.69. The highest BCUT2D eigenvalue weighted by Gasteiger charge is 2.78. The predicted molar refractivity (Wildman–Crippen MR) is 149 cm³/mol. The first-order chi connectivity index (χ1) is 19.2. The zero-order valence-corrected chi connectivity index (χ0v) is 24.3. The van der Waals surface area contributed by atoms with E-state index in [0.717, 1.165) is 53.9 Å². The van der Waals surface area contributed by atoms with Crippen molar-refractivity contribution in [2.75, 3.05) is 31.6 Å². The lowest BCUT2D eigenvalue weighted by molar-refractivity contribution is -0.358. The standard InChI is InChI=1S/C28H36N4O6S2/c1-27(9-10-27)15-32(40(34,35)17-5-6-20-21(13-17)39-25(31-20)30-16-3-4-16)12-2-11-29-26(33)37-23-18-14-36-24-22(18)28(38-24)8-7-19(23)28/h5-6,13,16,18-19,22-24H,2-4,7-12,14-15H2,1H3,(H,29,33)(H,30,31). The summed E-state index contributed by atoms with van der Waals surface area (Å²) in [7, 11) is -3.70. The number of thiazole rings is 1. The molecule has 2 N–H and O–H groups in total. The maximum absolute atomic E-state index is 13.8. The smallest absolute Gasteiger partial charge is 0.407 e. The maximum atomic E-state index is 13.8. The molecule has 10 nitrogen and oxygen atoms in total. The third kappa shape index (κ3) is 4.16. The summed E-state index contributed by atoms with van der Waals surface area (Å²) in [6.45, 7) is 3.87. The molecule has 1 aromatic heterocycles. The van der Waals surface area contributed by atoms with Crippen LogP contribution in [-0.2, 0) is 24.2 Å². The quantitative estimate of drug-likeness (QED) is 0.379. The van der Waals surface area contributed by atoms with Gasteiger partial charge in [0.2, 0.25) is 10.0 Å². The monoisotopic (exact) mass is 588 g/mol. The number of aromatic nitrogens is 1. The van der Waals surface area contributed by atoms with Crippen molar-refractivity contribution in [2.45, 2.75) is 80.8 Å². The lowest BCUT2D eigenvalue weighted by Gasteiger charge is -2.57. The van der Waals surface area contributed by atoms with Crippen molar-refractivity contribution in [3.8, 4) is 0 Å². The highest BCUT2D eigenvalue weighted by atomic mass is 32.2. The van der Waals surface area contributed by atoms with Gasteiger partial charge in [-0.05, 0) is 68.6 Å². The van der Waals surface area contributed by atoms with E-state index in [9.17, 15) is 13.2 Å². The van der Waals surface area contributed by atoms with E-state index in [1.54, 1.807) is 22.5 Å². The minimum absolute atomic E-state index is 0.0131. The van der Waals surface area contributed by atoms with Gasteiger partial charge in [0.05, 0.1) is 27.3 Å². The number of hydrogen-bond acceptors (Lipinski definition) is 9. The molecule has 6 aliphatic rings. The largest absolute Gasteiger partial charge is 0.445 e. The van der Waals surface area contributed by atoms with Gasteiger partial charge < -0.3 is 24.8 Å². The molecule has 1 aromatic carbocycles. The number of sulfonamides is 1.